The van der Waals surface area contributed by atoms with Gasteiger partial charge in [0.25, 0.3) is 0 Å². The van der Waals surface area contributed by atoms with Crippen LogP contribution in [0.25, 0.3) is 0 Å². The largest absolute Gasteiger partial charge is 0.444 e. The topological polar surface area (TPSA) is 41.6 Å². The fourth-order valence-corrected chi connectivity index (χ4v) is 2.57. The molecule has 1 N–H and O–H groups in total. The van der Waals surface area contributed by atoms with Crippen LogP contribution < -0.4 is 10.2 Å². The number of amides is 1. The van der Waals surface area contributed by atoms with Gasteiger partial charge in [-0.15, -0.1) is 0 Å². The number of hydrogen-bond donors (Lipinski definition) is 1. The molecule has 1 aromatic rings. The van der Waals surface area contributed by atoms with Crippen LogP contribution in [0.2, 0.25) is 0 Å². The number of carbonyl (C=O) groups excluding carboxylic acids is 1. The van der Waals surface area contributed by atoms with E-state index in [-0.39, 0.29) is 0 Å². The summed E-state index contributed by atoms with van der Waals surface area (Å²) >= 11 is 0. The molecule has 21 heavy (non-hydrogen) atoms. The van der Waals surface area contributed by atoms with Crippen LogP contribution in [0.5, 0.6) is 0 Å². The first-order valence-corrected chi connectivity index (χ1v) is 7.71. The third kappa shape index (κ3) is 4.66. The Morgan fingerprint density at radius 1 is 1.19 bits per heavy atom. The van der Waals surface area contributed by atoms with Crippen molar-refractivity contribution < 1.29 is 9.53 Å². The molecular formula is C17H26N2O2. The summed E-state index contributed by atoms with van der Waals surface area (Å²) in [5, 5.41) is 2.90. The molecule has 116 valence electrons. The lowest BCUT2D eigenvalue weighted by Crippen LogP contribution is -2.31. The van der Waals surface area contributed by atoms with Gasteiger partial charge in [-0.3, -0.25) is 5.32 Å². The molecule has 1 heterocycles. The summed E-state index contributed by atoms with van der Waals surface area (Å²) in [5.74, 6) is 0. The van der Waals surface area contributed by atoms with Gasteiger partial charge in [0.1, 0.15) is 5.60 Å². The van der Waals surface area contributed by atoms with E-state index in [0.717, 1.165) is 30.0 Å². The summed E-state index contributed by atoms with van der Waals surface area (Å²) in [6.45, 7) is 9.73. The predicted molar refractivity (Wildman–Crippen MR) is 87.1 cm³/mol. The highest BCUT2D eigenvalue weighted by Crippen LogP contribution is 2.30. The van der Waals surface area contributed by atoms with Crippen LogP contribution in [-0.2, 0) is 4.74 Å². The van der Waals surface area contributed by atoms with Crippen LogP contribution in [0.3, 0.4) is 0 Å². The quantitative estimate of drug-likeness (QED) is 0.881. The number of ether oxygens (including phenoxy) is 1. The molecule has 0 spiro atoms. The lowest BCUT2D eigenvalue weighted by molar-refractivity contribution is 0.0636. The molecule has 0 unspecified atom stereocenters. The smallest absolute Gasteiger partial charge is 0.412 e. The molecule has 4 heteroatoms. The minimum atomic E-state index is -0.487. The van der Waals surface area contributed by atoms with E-state index in [4.69, 9.17) is 4.74 Å². The average molecular weight is 290 g/mol. The number of aryl methyl sites for hydroxylation is 1. The number of anilines is 2. The van der Waals surface area contributed by atoms with E-state index in [0.29, 0.717) is 0 Å². The Morgan fingerprint density at radius 3 is 2.48 bits per heavy atom. The van der Waals surface area contributed by atoms with E-state index in [1.165, 1.54) is 19.3 Å². The molecule has 0 aromatic heterocycles. The van der Waals surface area contributed by atoms with Gasteiger partial charge >= 0.3 is 6.09 Å². The van der Waals surface area contributed by atoms with Gasteiger partial charge in [0.2, 0.25) is 0 Å². The molecule has 0 aliphatic carbocycles. The Hall–Kier alpha value is -1.71. The molecule has 1 fully saturated rings. The predicted octanol–water partition coefficient (Wildman–Crippen LogP) is 4.33. The van der Waals surface area contributed by atoms with Crippen LogP contribution >= 0.6 is 0 Å². The Balaban J connectivity index is 2.17. The summed E-state index contributed by atoms with van der Waals surface area (Å²) in [6.07, 6.45) is 3.31. The number of hydrogen-bond acceptors (Lipinski definition) is 3. The monoisotopic (exact) mass is 290 g/mol. The van der Waals surface area contributed by atoms with Gasteiger partial charge in [-0.05, 0) is 64.7 Å². The summed E-state index contributed by atoms with van der Waals surface area (Å²) in [7, 11) is 0. The maximum Gasteiger partial charge on any atom is 0.412 e. The molecule has 0 saturated carbocycles. The normalized spacial score (nSPS) is 15.7. The third-order valence-corrected chi connectivity index (χ3v) is 3.48. The van der Waals surface area contributed by atoms with Gasteiger partial charge in [-0.25, -0.2) is 4.79 Å². The SMILES string of the molecule is Cc1ccc(N2CCCCC2)c(NC(=O)OC(C)(C)C)c1. The number of benzene rings is 1. The van der Waals surface area contributed by atoms with Crippen molar-refractivity contribution in [1.82, 2.24) is 0 Å². The van der Waals surface area contributed by atoms with Crippen molar-refractivity contribution >= 4 is 17.5 Å². The molecule has 0 bridgehead atoms. The lowest BCUT2D eigenvalue weighted by atomic mass is 10.1. The summed E-state index contributed by atoms with van der Waals surface area (Å²) in [4.78, 5) is 14.4. The molecule has 1 saturated heterocycles. The Bertz CT molecular complexity index is 500. The van der Waals surface area contributed by atoms with E-state index in [9.17, 15) is 4.79 Å². The number of rotatable bonds is 2. The first-order valence-electron chi connectivity index (χ1n) is 7.71. The van der Waals surface area contributed by atoms with Gasteiger partial charge in [0.05, 0.1) is 11.4 Å². The zero-order chi connectivity index (χ0) is 15.5. The van der Waals surface area contributed by atoms with Crippen LogP contribution in [-0.4, -0.2) is 24.8 Å². The fourth-order valence-electron chi connectivity index (χ4n) is 2.57. The van der Waals surface area contributed by atoms with Crippen LogP contribution in [0, 0.1) is 6.92 Å². The standard InChI is InChI=1S/C17H26N2O2/c1-13-8-9-15(19-10-6-5-7-11-19)14(12-13)18-16(20)21-17(2,3)4/h8-9,12H,5-7,10-11H2,1-4H3,(H,18,20). The van der Waals surface area contributed by atoms with Crippen molar-refractivity contribution in [3.8, 4) is 0 Å². The summed E-state index contributed by atoms with van der Waals surface area (Å²) < 4.78 is 5.36. The van der Waals surface area contributed by atoms with Crippen LogP contribution in [0.15, 0.2) is 18.2 Å². The highest BCUT2D eigenvalue weighted by Gasteiger charge is 2.19. The van der Waals surface area contributed by atoms with Crippen LogP contribution in [0.1, 0.15) is 45.6 Å². The molecule has 4 nitrogen and oxygen atoms in total. The molecule has 0 atom stereocenters. The van der Waals surface area contributed by atoms with Crippen molar-refractivity contribution in [2.45, 2.75) is 52.6 Å². The van der Waals surface area contributed by atoms with E-state index in [2.05, 4.69) is 22.3 Å². The molecular weight excluding hydrogens is 264 g/mol. The van der Waals surface area contributed by atoms with Crippen molar-refractivity contribution in [1.29, 1.82) is 0 Å². The summed E-state index contributed by atoms with van der Waals surface area (Å²) in [5.41, 5.74) is 2.57. The maximum atomic E-state index is 12.0. The van der Waals surface area contributed by atoms with Gasteiger partial charge < -0.3 is 9.64 Å². The molecule has 1 amide bonds. The third-order valence-electron chi connectivity index (χ3n) is 3.48. The van der Waals surface area contributed by atoms with Crippen molar-refractivity contribution in [3.05, 3.63) is 23.8 Å². The number of nitrogens with zero attached hydrogens (tertiary/aromatic N) is 1. The Morgan fingerprint density at radius 2 is 1.86 bits per heavy atom. The number of nitrogens with one attached hydrogen (secondary N) is 1. The van der Waals surface area contributed by atoms with Crippen molar-refractivity contribution in [2.75, 3.05) is 23.3 Å². The maximum absolute atomic E-state index is 12.0. The van der Waals surface area contributed by atoms with Crippen molar-refractivity contribution in [2.24, 2.45) is 0 Å². The first-order chi connectivity index (χ1) is 9.85. The minimum absolute atomic E-state index is 0.397. The van der Waals surface area contributed by atoms with Gasteiger partial charge in [-0.2, -0.15) is 0 Å². The highest BCUT2D eigenvalue weighted by atomic mass is 16.6. The van der Waals surface area contributed by atoms with E-state index >= 15 is 0 Å². The minimum Gasteiger partial charge on any atom is -0.444 e. The molecule has 1 aromatic carbocycles. The number of carbonyl (C=O) groups is 1. The zero-order valence-electron chi connectivity index (χ0n) is 13.5. The van der Waals surface area contributed by atoms with Gasteiger partial charge in [0.15, 0.2) is 0 Å². The van der Waals surface area contributed by atoms with Gasteiger partial charge in [-0.1, -0.05) is 6.07 Å². The molecule has 2 rings (SSSR count). The highest BCUT2D eigenvalue weighted by molar-refractivity contribution is 5.90. The van der Waals surface area contributed by atoms with E-state index < -0.39 is 11.7 Å². The van der Waals surface area contributed by atoms with E-state index in [1.807, 2.05) is 33.8 Å². The fraction of sp³-hybridized carbons (Fsp3) is 0.588. The Kier molecular flexibility index (Phi) is 4.76. The number of piperidine rings is 1. The second kappa shape index (κ2) is 6.37. The molecule has 0 radical (unpaired) electrons. The average Bonchev–Trinajstić information content (AvgIpc) is 2.37. The Labute approximate surface area is 127 Å². The molecule has 1 aliphatic heterocycles. The lowest BCUT2D eigenvalue weighted by Gasteiger charge is -2.31. The molecule has 1 aliphatic rings. The second-order valence-electron chi connectivity index (χ2n) is 6.70. The van der Waals surface area contributed by atoms with Crippen LogP contribution in [0.4, 0.5) is 16.2 Å². The zero-order valence-corrected chi connectivity index (χ0v) is 13.5. The summed E-state index contributed by atoms with van der Waals surface area (Å²) in [6, 6.07) is 6.19. The van der Waals surface area contributed by atoms with Crippen molar-refractivity contribution in [3.63, 3.8) is 0 Å². The second-order valence-corrected chi connectivity index (χ2v) is 6.70. The van der Waals surface area contributed by atoms with Gasteiger partial charge in [0, 0.05) is 13.1 Å². The first kappa shape index (κ1) is 15.7. The van der Waals surface area contributed by atoms with E-state index in [1.54, 1.807) is 0 Å².